The summed E-state index contributed by atoms with van der Waals surface area (Å²) in [6.07, 6.45) is 6.87. The summed E-state index contributed by atoms with van der Waals surface area (Å²) < 4.78 is 2.32. The zero-order valence-corrected chi connectivity index (χ0v) is 20.7. The summed E-state index contributed by atoms with van der Waals surface area (Å²) in [7, 11) is 0. The Morgan fingerprint density at radius 1 is 1.09 bits per heavy atom. The lowest BCUT2D eigenvalue weighted by Gasteiger charge is -2.30. The molecule has 0 spiro atoms. The van der Waals surface area contributed by atoms with E-state index in [1.165, 1.54) is 33.8 Å². The number of hydrogen-bond acceptors (Lipinski definition) is 3. The van der Waals surface area contributed by atoms with Gasteiger partial charge in [0.25, 0.3) is 0 Å². The third kappa shape index (κ3) is 3.52. The first-order chi connectivity index (χ1) is 16.1. The number of rotatable bonds is 2. The molecule has 1 aliphatic heterocycles. The van der Waals surface area contributed by atoms with Crippen molar-refractivity contribution in [2.24, 2.45) is 0 Å². The molecule has 0 saturated heterocycles. The lowest BCUT2D eigenvalue weighted by atomic mass is 9.95. The van der Waals surface area contributed by atoms with Gasteiger partial charge in [-0.15, -0.1) is 22.7 Å². The molecule has 1 atom stereocenters. The average molecular weight is 494 g/mol. The Morgan fingerprint density at radius 2 is 1.97 bits per heavy atom. The number of urea groups is 1. The minimum Gasteiger partial charge on any atom is -0.310 e. The van der Waals surface area contributed by atoms with Crippen LogP contribution in [0.5, 0.6) is 0 Å². The Bertz CT molecular complexity index is 1340. The Kier molecular flexibility index (Phi) is 5.32. The van der Waals surface area contributed by atoms with Gasteiger partial charge in [-0.3, -0.25) is 0 Å². The maximum absolute atomic E-state index is 13.9. The maximum Gasteiger partial charge on any atom is 0.323 e. The van der Waals surface area contributed by atoms with Crippen molar-refractivity contribution < 1.29 is 4.79 Å². The van der Waals surface area contributed by atoms with E-state index in [1.54, 1.807) is 11.3 Å². The van der Waals surface area contributed by atoms with Crippen LogP contribution in [-0.4, -0.2) is 15.5 Å². The van der Waals surface area contributed by atoms with Crippen molar-refractivity contribution in [2.75, 3.05) is 5.32 Å². The van der Waals surface area contributed by atoms with Crippen LogP contribution < -0.4 is 5.32 Å². The van der Waals surface area contributed by atoms with E-state index in [2.05, 4.69) is 45.7 Å². The van der Waals surface area contributed by atoms with Crippen LogP contribution in [0.4, 0.5) is 10.5 Å². The molecule has 6 rings (SSSR count). The number of carbonyl (C=O) groups excluding carboxylic acids is 1. The van der Waals surface area contributed by atoms with E-state index in [9.17, 15) is 4.79 Å². The summed E-state index contributed by atoms with van der Waals surface area (Å²) in [5.41, 5.74) is 5.54. The number of nitrogens with zero attached hydrogens (tertiary/aromatic N) is 2. The van der Waals surface area contributed by atoms with Crippen molar-refractivity contribution in [3.8, 4) is 5.00 Å². The lowest BCUT2D eigenvalue weighted by Crippen LogP contribution is -2.38. The van der Waals surface area contributed by atoms with Gasteiger partial charge in [-0.05, 0) is 79.4 Å². The molecule has 0 bridgehead atoms. The maximum atomic E-state index is 13.9. The number of anilines is 1. The molecule has 33 heavy (non-hydrogen) atoms. The molecule has 1 unspecified atom stereocenters. The number of aromatic nitrogens is 1. The van der Waals surface area contributed by atoms with Gasteiger partial charge in [-0.1, -0.05) is 23.7 Å². The fourth-order valence-electron chi connectivity index (χ4n) is 5.06. The van der Waals surface area contributed by atoms with Gasteiger partial charge in [0, 0.05) is 32.2 Å². The smallest absolute Gasteiger partial charge is 0.310 e. The number of nitrogens with one attached hydrogen (secondary N) is 1. The zero-order valence-electron chi connectivity index (χ0n) is 18.3. The van der Waals surface area contributed by atoms with Crippen LogP contribution in [0.1, 0.15) is 51.0 Å². The Balaban J connectivity index is 1.49. The summed E-state index contributed by atoms with van der Waals surface area (Å²) in [5, 5.41) is 7.18. The predicted molar refractivity (Wildman–Crippen MR) is 137 cm³/mol. The second-order valence-corrected chi connectivity index (χ2v) is 11.2. The number of amides is 2. The highest BCUT2D eigenvalue weighted by atomic mass is 35.5. The Hall–Kier alpha value is -2.54. The fraction of sp³-hybridized carbons (Fsp3) is 0.269. The van der Waals surface area contributed by atoms with Crippen LogP contribution >= 0.6 is 34.3 Å². The number of aryl methyl sites for hydroxylation is 1. The summed E-state index contributed by atoms with van der Waals surface area (Å²) >= 11 is 9.94. The molecule has 0 saturated carbocycles. The van der Waals surface area contributed by atoms with Crippen molar-refractivity contribution in [1.29, 1.82) is 0 Å². The topological polar surface area (TPSA) is 37.3 Å². The van der Waals surface area contributed by atoms with Crippen molar-refractivity contribution in [3.63, 3.8) is 0 Å². The van der Waals surface area contributed by atoms with Crippen molar-refractivity contribution >= 4 is 46.0 Å². The first-order valence-corrected chi connectivity index (χ1v) is 13.4. The molecule has 0 radical (unpaired) electrons. The van der Waals surface area contributed by atoms with Gasteiger partial charge in [-0.2, -0.15) is 0 Å². The van der Waals surface area contributed by atoms with Crippen molar-refractivity contribution in [2.45, 2.75) is 45.2 Å². The van der Waals surface area contributed by atoms with Crippen LogP contribution in [-0.2, 0) is 19.4 Å². The minimum absolute atomic E-state index is 0.102. The number of hydrogen-bond donors (Lipinski definition) is 1. The quantitative estimate of drug-likeness (QED) is 0.307. The molecule has 2 amide bonds. The van der Waals surface area contributed by atoms with E-state index in [-0.39, 0.29) is 12.1 Å². The van der Waals surface area contributed by atoms with E-state index >= 15 is 0 Å². The van der Waals surface area contributed by atoms with Gasteiger partial charge in [0.15, 0.2) is 0 Å². The molecule has 4 heterocycles. The fourth-order valence-corrected chi connectivity index (χ4v) is 7.49. The number of halogens is 1. The van der Waals surface area contributed by atoms with Gasteiger partial charge in [0.2, 0.25) is 0 Å². The Labute approximate surface area is 206 Å². The van der Waals surface area contributed by atoms with E-state index in [1.807, 2.05) is 41.4 Å². The van der Waals surface area contributed by atoms with E-state index in [0.29, 0.717) is 11.6 Å². The van der Waals surface area contributed by atoms with Crippen molar-refractivity contribution in [1.82, 2.24) is 9.47 Å². The molecule has 1 aliphatic carbocycles. The summed E-state index contributed by atoms with van der Waals surface area (Å²) in [4.78, 5) is 18.6. The third-order valence-electron chi connectivity index (χ3n) is 6.76. The molecular weight excluding hydrogens is 470 g/mol. The van der Waals surface area contributed by atoms with E-state index < -0.39 is 0 Å². The predicted octanol–water partition coefficient (Wildman–Crippen LogP) is 7.58. The monoisotopic (exact) mass is 493 g/mol. The van der Waals surface area contributed by atoms with Gasteiger partial charge in [0.1, 0.15) is 11.0 Å². The van der Waals surface area contributed by atoms with Crippen LogP contribution in [0.25, 0.3) is 5.00 Å². The highest BCUT2D eigenvalue weighted by Crippen LogP contribution is 2.44. The molecular formula is C26H24ClN3OS2. The average Bonchev–Trinajstić information content (AvgIpc) is 3.56. The molecule has 0 fully saturated rings. The second kappa shape index (κ2) is 8.35. The highest BCUT2D eigenvalue weighted by molar-refractivity contribution is 7.15. The molecule has 7 heteroatoms. The summed E-state index contributed by atoms with van der Waals surface area (Å²) in [5.74, 6) is 0. The molecule has 1 aromatic carbocycles. The number of thiophene rings is 2. The van der Waals surface area contributed by atoms with Gasteiger partial charge < -0.3 is 14.8 Å². The molecule has 1 N–H and O–H groups in total. The van der Waals surface area contributed by atoms with Gasteiger partial charge in [-0.25, -0.2) is 4.79 Å². The summed E-state index contributed by atoms with van der Waals surface area (Å²) in [6, 6.07) is 13.8. The van der Waals surface area contributed by atoms with Crippen LogP contribution in [0.2, 0.25) is 5.02 Å². The van der Waals surface area contributed by atoms with Gasteiger partial charge in [0.05, 0.1) is 12.2 Å². The molecule has 168 valence electrons. The number of benzene rings is 1. The van der Waals surface area contributed by atoms with Gasteiger partial charge >= 0.3 is 6.03 Å². The minimum atomic E-state index is -0.154. The second-order valence-electron chi connectivity index (χ2n) is 8.69. The normalized spacial score (nSPS) is 17.2. The number of carbonyl (C=O) groups is 1. The zero-order chi connectivity index (χ0) is 22.5. The first-order valence-electron chi connectivity index (χ1n) is 11.3. The van der Waals surface area contributed by atoms with Crippen LogP contribution in [0.15, 0.2) is 54.0 Å². The van der Waals surface area contributed by atoms with E-state index in [0.717, 1.165) is 34.7 Å². The first kappa shape index (κ1) is 21.0. The molecule has 3 aromatic heterocycles. The number of fused-ring (bicyclic) bond motifs is 5. The van der Waals surface area contributed by atoms with Crippen LogP contribution in [0.3, 0.4) is 0 Å². The summed E-state index contributed by atoms with van der Waals surface area (Å²) in [6.45, 7) is 2.53. The molecule has 4 aromatic rings. The lowest BCUT2D eigenvalue weighted by molar-refractivity contribution is 0.195. The largest absolute Gasteiger partial charge is 0.323 e. The standard InChI is InChI=1S/C26H24ClN3OS2/c1-16-19(27)8-4-9-20(16)28-26(31)30-15-18-17-7-2-3-11-22(17)33-25(18)29-13-5-10-21(29)24(30)23-12-6-14-32-23/h4-6,8-10,12-14,24H,2-3,7,11,15H2,1H3,(H,28,31). The Morgan fingerprint density at radius 3 is 2.82 bits per heavy atom. The van der Waals surface area contributed by atoms with Crippen LogP contribution in [0, 0.1) is 6.92 Å². The van der Waals surface area contributed by atoms with E-state index in [4.69, 9.17) is 11.6 Å². The SMILES string of the molecule is Cc1c(Cl)cccc1NC(=O)N1Cc2c(sc3c2CCCC3)-n2cccc2C1c1cccs1. The highest BCUT2D eigenvalue weighted by Gasteiger charge is 2.36. The third-order valence-corrected chi connectivity index (χ3v) is 9.43. The molecule has 2 aliphatic rings. The van der Waals surface area contributed by atoms with Crippen molar-refractivity contribution in [3.05, 3.63) is 91.2 Å². The molecule has 4 nitrogen and oxygen atoms in total.